The van der Waals surface area contributed by atoms with E-state index in [0.717, 1.165) is 0 Å². The summed E-state index contributed by atoms with van der Waals surface area (Å²) in [6.45, 7) is 0. The van der Waals surface area contributed by atoms with Crippen LogP contribution >= 0.6 is 15.9 Å². The molecule has 5 nitrogen and oxygen atoms in total. The van der Waals surface area contributed by atoms with Gasteiger partial charge in [-0.2, -0.15) is 0 Å². The molecule has 1 aromatic carbocycles. The lowest BCUT2D eigenvalue weighted by molar-refractivity contribution is 0.213. The van der Waals surface area contributed by atoms with Crippen LogP contribution in [0.4, 0.5) is 0 Å². The molecule has 1 unspecified atom stereocenters. The predicted molar refractivity (Wildman–Crippen MR) is 82.1 cm³/mol. The summed E-state index contributed by atoms with van der Waals surface area (Å²) < 4.78 is 16.3. The topological polar surface area (TPSA) is 60.8 Å². The average Bonchev–Trinajstić information content (AvgIpc) is 2.54. The fourth-order valence-electron chi connectivity index (χ4n) is 1.99. The van der Waals surface area contributed by atoms with E-state index in [0.29, 0.717) is 33.0 Å². The van der Waals surface area contributed by atoms with Crippen molar-refractivity contribution in [1.82, 2.24) is 4.98 Å². The fraction of sp³-hybridized carbons (Fsp3) is 0.267. The van der Waals surface area contributed by atoms with Crippen LogP contribution in [0.2, 0.25) is 0 Å². The summed E-state index contributed by atoms with van der Waals surface area (Å²) in [5.41, 5.74) is 1.27. The number of ether oxygens (including phenoxy) is 3. The summed E-state index contributed by atoms with van der Waals surface area (Å²) in [7, 11) is 4.66. The molecule has 1 N–H and O–H groups in total. The monoisotopic (exact) mass is 353 g/mol. The van der Waals surface area contributed by atoms with Gasteiger partial charge in [0.2, 0.25) is 5.88 Å². The van der Waals surface area contributed by atoms with E-state index in [-0.39, 0.29) is 0 Å². The highest BCUT2D eigenvalue weighted by Gasteiger charge is 2.20. The van der Waals surface area contributed by atoms with Gasteiger partial charge in [0.1, 0.15) is 22.1 Å². The van der Waals surface area contributed by atoms with Crippen LogP contribution in [-0.2, 0) is 0 Å². The molecular formula is C15H16BrNO4. The molecule has 0 amide bonds. The lowest BCUT2D eigenvalue weighted by Crippen LogP contribution is -2.04. The number of nitrogens with zero attached hydrogens (tertiary/aromatic N) is 1. The number of rotatable bonds is 5. The second-order valence-corrected chi connectivity index (χ2v) is 5.03. The molecule has 6 heteroatoms. The van der Waals surface area contributed by atoms with E-state index >= 15 is 0 Å². The van der Waals surface area contributed by atoms with Crippen molar-refractivity contribution >= 4 is 15.9 Å². The normalized spacial score (nSPS) is 11.9. The molecule has 1 heterocycles. The number of halogens is 1. The second kappa shape index (κ2) is 6.78. The lowest BCUT2D eigenvalue weighted by atomic mass is 10.0. The second-order valence-electron chi connectivity index (χ2n) is 4.24. The van der Waals surface area contributed by atoms with Crippen molar-refractivity contribution in [2.75, 3.05) is 21.3 Å². The van der Waals surface area contributed by atoms with Crippen LogP contribution < -0.4 is 14.2 Å². The van der Waals surface area contributed by atoms with Crippen LogP contribution in [-0.4, -0.2) is 31.4 Å². The summed E-state index contributed by atoms with van der Waals surface area (Å²) in [6, 6.07) is 6.98. The molecule has 2 aromatic rings. The Kier molecular flexibility index (Phi) is 5.03. The number of hydrogen-bond donors (Lipinski definition) is 1. The van der Waals surface area contributed by atoms with Gasteiger partial charge in [0.15, 0.2) is 0 Å². The van der Waals surface area contributed by atoms with Crippen LogP contribution in [0.25, 0.3) is 0 Å². The maximum atomic E-state index is 10.5. The third-order valence-corrected chi connectivity index (χ3v) is 3.85. The molecule has 0 saturated heterocycles. The maximum Gasteiger partial charge on any atom is 0.212 e. The van der Waals surface area contributed by atoms with Crippen molar-refractivity contribution in [1.29, 1.82) is 0 Å². The number of aliphatic hydroxyl groups excluding tert-OH is 1. The number of methoxy groups -OCH3 is 3. The Morgan fingerprint density at radius 2 is 1.81 bits per heavy atom. The maximum absolute atomic E-state index is 10.5. The van der Waals surface area contributed by atoms with Crippen LogP contribution in [0, 0.1) is 0 Å². The first-order valence-corrected chi connectivity index (χ1v) is 7.00. The molecule has 0 bridgehead atoms. The van der Waals surface area contributed by atoms with Gasteiger partial charge in [-0.25, -0.2) is 4.98 Å². The third-order valence-electron chi connectivity index (χ3n) is 3.09. The number of hydrogen-bond acceptors (Lipinski definition) is 5. The predicted octanol–water partition coefficient (Wildman–Crippen LogP) is 2.95. The van der Waals surface area contributed by atoms with E-state index in [2.05, 4.69) is 20.9 Å². The minimum atomic E-state index is -0.861. The van der Waals surface area contributed by atoms with Crippen molar-refractivity contribution in [2.45, 2.75) is 6.10 Å². The Labute approximate surface area is 131 Å². The van der Waals surface area contributed by atoms with Crippen molar-refractivity contribution < 1.29 is 19.3 Å². The zero-order chi connectivity index (χ0) is 15.4. The molecule has 2 rings (SSSR count). The summed E-state index contributed by atoms with van der Waals surface area (Å²) in [4.78, 5) is 4.10. The van der Waals surface area contributed by atoms with Crippen LogP contribution in [0.5, 0.6) is 17.4 Å². The van der Waals surface area contributed by atoms with Gasteiger partial charge in [-0.05, 0) is 34.1 Å². The van der Waals surface area contributed by atoms with Gasteiger partial charge in [0.05, 0.1) is 21.3 Å². The van der Waals surface area contributed by atoms with Crippen molar-refractivity contribution in [3.8, 4) is 17.4 Å². The van der Waals surface area contributed by atoms with E-state index < -0.39 is 6.10 Å². The van der Waals surface area contributed by atoms with E-state index in [1.807, 2.05) is 0 Å². The fourth-order valence-corrected chi connectivity index (χ4v) is 2.67. The van der Waals surface area contributed by atoms with Crippen molar-refractivity contribution in [3.05, 3.63) is 46.1 Å². The summed E-state index contributed by atoms with van der Waals surface area (Å²) in [5.74, 6) is 1.65. The van der Waals surface area contributed by atoms with E-state index in [9.17, 15) is 5.11 Å². The van der Waals surface area contributed by atoms with Crippen molar-refractivity contribution in [2.24, 2.45) is 0 Å². The third kappa shape index (κ3) is 3.11. The zero-order valence-corrected chi connectivity index (χ0v) is 13.5. The summed E-state index contributed by atoms with van der Waals surface area (Å²) in [5, 5.41) is 10.5. The SMILES string of the molecule is COc1ccc(C(O)c2ccc(OC)c(Br)c2OC)cn1. The van der Waals surface area contributed by atoms with Crippen LogP contribution in [0.15, 0.2) is 34.9 Å². The minimum Gasteiger partial charge on any atom is -0.495 e. The van der Waals surface area contributed by atoms with E-state index in [1.54, 1.807) is 51.8 Å². The standard InChI is InChI=1S/C15H16BrNO4/c1-19-11-6-5-10(15(21-3)13(11)16)14(18)9-4-7-12(20-2)17-8-9/h4-8,14,18H,1-3H3. The van der Waals surface area contributed by atoms with Gasteiger partial charge in [0.25, 0.3) is 0 Å². The summed E-state index contributed by atoms with van der Waals surface area (Å²) in [6.07, 6.45) is 0.710. The first kappa shape index (κ1) is 15.6. The molecule has 21 heavy (non-hydrogen) atoms. The highest BCUT2D eigenvalue weighted by Crippen LogP contribution is 2.41. The number of aliphatic hydroxyl groups is 1. The molecule has 0 aliphatic heterocycles. The quantitative estimate of drug-likeness (QED) is 0.895. The molecule has 0 spiro atoms. The Morgan fingerprint density at radius 1 is 1.05 bits per heavy atom. The molecule has 0 aliphatic carbocycles. The van der Waals surface area contributed by atoms with E-state index in [1.165, 1.54) is 0 Å². The number of aromatic nitrogens is 1. The first-order chi connectivity index (χ1) is 10.1. The van der Waals surface area contributed by atoms with Gasteiger partial charge < -0.3 is 19.3 Å². The van der Waals surface area contributed by atoms with E-state index in [4.69, 9.17) is 14.2 Å². The molecule has 0 fully saturated rings. The Balaban J connectivity index is 2.42. The Morgan fingerprint density at radius 3 is 2.33 bits per heavy atom. The average molecular weight is 354 g/mol. The summed E-state index contributed by atoms with van der Waals surface area (Å²) >= 11 is 3.42. The van der Waals surface area contributed by atoms with Gasteiger partial charge >= 0.3 is 0 Å². The largest absolute Gasteiger partial charge is 0.495 e. The molecule has 0 radical (unpaired) electrons. The van der Waals surface area contributed by atoms with Crippen molar-refractivity contribution in [3.63, 3.8) is 0 Å². The highest BCUT2D eigenvalue weighted by molar-refractivity contribution is 9.10. The molecule has 1 atom stereocenters. The van der Waals surface area contributed by atoms with Gasteiger partial charge in [-0.1, -0.05) is 0 Å². The smallest absolute Gasteiger partial charge is 0.212 e. The Bertz CT molecular complexity index is 616. The number of benzene rings is 1. The van der Waals surface area contributed by atoms with Gasteiger partial charge in [0, 0.05) is 23.4 Å². The van der Waals surface area contributed by atoms with Gasteiger partial charge in [-0.3, -0.25) is 0 Å². The van der Waals surface area contributed by atoms with Crippen LogP contribution in [0.1, 0.15) is 17.2 Å². The van der Waals surface area contributed by atoms with Crippen LogP contribution in [0.3, 0.4) is 0 Å². The minimum absolute atomic E-state index is 0.494. The molecule has 0 saturated carbocycles. The number of pyridine rings is 1. The lowest BCUT2D eigenvalue weighted by Gasteiger charge is -2.17. The van der Waals surface area contributed by atoms with Gasteiger partial charge in [-0.15, -0.1) is 0 Å². The molecular weight excluding hydrogens is 338 g/mol. The first-order valence-electron chi connectivity index (χ1n) is 6.20. The molecule has 0 aliphatic rings. The molecule has 1 aromatic heterocycles. The Hall–Kier alpha value is -1.79. The highest BCUT2D eigenvalue weighted by atomic mass is 79.9. The molecule has 112 valence electrons. The zero-order valence-electron chi connectivity index (χ0n) is 12.0.